The fourth-order valence-corrected chi connectivity index (χ4v) is 4.39. The maximum absolute atomic E-state index is 12.7. The van der Waals surface area contributed by atoms with Gasteiger partial charge in [0.25, 0.3) is 0 Å². The lowest BCUT2D eigenvalue weighted by Crippen LogP contribution is -2.27. The van der Waals surface area contributed by atoms with Crippen LogP contribution in [0.15, 0.2) is 89.8 Å². The van der Waals surface area contributed by atoms with Crippen molar-refractivity contribution in [1.82, 2.24) is 4.72 Å². The zero-order valence-corrected chi connectivity index (χ0v) is 18.0. The van der Waals surface area contributed by atoms with Crippen molar-refractivity contribution in [3.8, 4) is 0 Å². The van der Waals surface area contributed by atoms with Crippen molar-refractivity contribution >= 4 is 21.6 Å². The number of para-hydroxylation sites is 1. The second-order valence-electron chi connectivity index (χ2n) is 7.19. The van der Waals surface area contributed by atoms with E-state index < -0.39 is 10.0 Å². The zero-order chi connectivity index (χ0) is 21.6. The number of anilines is 1. The molecule has 0 aliphatic heterocycles. The summed E-state index contributed by atoms with van der Waals surface area (Å²) in [6, 6.07) is 25.3. The van der Waals surface area contributed by atoms with Crippen LogP contribution >= 0.6 is 0 Å². The maximum Gasteiger partial charge on any atom is 0.241 e. The molecular formula is C24H26N2O3S. The van der Waals surface area contributed by atoms with E-state index in [4.69, 9.17) is 0 Å². The summed E-state index contributed by atoms with van der Waals surface area (Å²) in [4.78, 5) is 14.3. The Labute approximate surface area is 178 Å². The molecule has 0 aliphatic carbocycles. The van der Waals surface area contributed by atoms with Gasteiger partial charge in [0, 0.05) is 25.2 Å². The van der Waals surface area contributed by atoms with E-state index in [1.54, 1.807) is 36.2 Å². The predicted molar refractivity (Wildman–Crippen MR) is 120 cm³/mol. The maximum atomic E-state index is 12.7. The number of carbonyl (C=O) groups excluding carboxylic acids is 1. The van der Waals surface area contributed by atoms with Crippen LogP contribution in [-0.4, -0.2) is 21.4 Å². The van der Waals surface area contributed by atoms with Gasteiger partial charge in [0.1, 0.15) is 0 Å². The molecule has 1 amide bonds. The minimum Gasteiger partial charge on any atom is -0.315 e. The molecule has 1 unspecified atom stereocenters. The highest BCUT2D eigenvalue weighted by Crippen LogP contribution is 2.18. The highest BCUT2D eigenvalue weighted by Gasteiger charge is 2.18. The van der Waals surface area contributed by atoms with E-state index in [-0.39, 0.29) is 16.8 Å². The van der Waals surface area contributed by atoms with Crippen LogP contribution in [0.4, 0.5) is 5.69 Å². The van der Waals surface area contributed by atoms with Gasteiger partial charge in [-0.1, -0.05) is 60.7 Å². The Morgan fingerprint density at radius 3 is 2.07 bits per heavy atom. The summed E-state index contributed by atoms with van der Waals surface area (Å²) in [6.45, 7) is 1.82. The van der Waals surface area contributed by atoms with Crippen molar-refractivity contribution in [2.75, 3.05) is 11.9 Å². The van der Waals surface area contributed by atoms with Crippen molar-refractivity contribution in [3.63, 3.8) is 0 Å². The molecule has 0 heterocycles. The Morgan fingerprint density at radius 2 is 1.47 bits per heavy atom. The third-order valence-corrected chi connectivity index (χ3v) is 6.57. The molecule has 156 valence electrons. The summed E-state index contributed by atoms with van der Waals surface area (Å²) in [7, 11) is -1.87. The number of aryl methyl sites for hydroxylation is 1. The van der Waals surface area contributed by atoms with Crippen molar-refractivity contribution in [2.45, 2.75) is 30.7 Å². The van der Waals surface area contributed by atoms with E-state index >= 15 is 0 Å². The number of nitrogens with zero attached hydrogens (tertiary/aromatic N) is 1. The third kappa shape index (κ3) is 5.55. The summed E-state index contributed by atoms with van der Waals surface area (Å²) in [5.41, 5.74) is 2.67. The van der Waals surface area contributed by atoms with E-state index in [0.29, 0.717) is 12.8 Å². The van der Waals surface area contributed by atoms with Crippen molar-refractivity contribution in [2.24, 2.45) is 0 Å². The highest BCUT2D eigenvalue weighted by atomic mass is 32.2. The Hall–Kier alpha value is -2.96. The highest BCUT2D eigenvalue weighted by molar-refractivity contribution is 7.89. The van der Waals surface area contributed by atoms with Gasteiger partial charge in [0.15, 0.2) is 0 Å². The van der Waals surface area contributed by atoms with Gasteiger partial charge in [-0.3, -0.25) is 4.79 Å². The Kier molecular flexibility index (Phi) is 7.03. The first-order chi connectivity index (χ1) is 14.4. The van der Waals surface area contributed by atoms with Crippen molar-refractivity contribution < 1.29 is 13.2 Å². The van der Waals surface area contributed by atoms with Gasteiger partial charge >= 0.3 is 0 Å². The van der Waals surface area contributed by atoms with Crippen molar-refractivity contribution in [3.05, 3.63) is 96.1 Å². The molecule has 6 heteroatoms. The first-order valence-electron chi connectivity index (χ1n) is 9.84. The Balaban J connectivity index is 1.59. The molecule has 3 aromatic rings. The van der Waals surface area contributed by atoms with Crippen LogP contribution in [0.5, 0.6) is 0 Å². The average molecular weight is 423 g/mol. The molecule has 0 bridgehead atoms. The fourth-order valence-electron chi connectivity index (χ4n) is 3.16. The van der Waals surface area contributed by atoms with Gasteiger partial charge in [-0.05, 0) is 48.7 Å². The topological polar surface area (TPSA) is 66.5 Å². The quantitative estimate of drug-likeness (QED) is 0.588. The van der Waals surface area contributed by atoms with Gasteiger partial charge in [0.05, 0.1) is 4.90 Å². The lowest BCUT2D eigenvalue weighted by molar-refractivity contribution is -0.118. The van der Waals surface area contributed by atoms with Crippen LogP contribution in [0.2, 0.25) is 0 Å². The number of amides is 1. The largest absolute Gasteiger partial charge is 0.315 e. The Morgan fingerprint density at radius 1 is 0.900 bits per heavy atom. The summed E-state index contributed by atoms with van der Waals surface area (Å²) in [5, 5.41) is 0. The zero-order valence-electron chi connectivity index (χ0n) is 17.2. The molecule has 5 nitrogen and oxygen atoms in total. The lowest BCUT2D eigenvalue weighted by atomic mass is 10.1. The molecule has 0 radical (unpaired) electrons. The van der Waals surface area contributed by atoms with Crippen LogP contribution in [-0.2, 0) is 21.2 Å². The fraction of sp³-hybridized carbons (Fsp3) is 0.208. The normalized spacial score (nSPS) is 12.3. The summed E-state index contributed by atoms with van der Waals surface area (Å²) in [5.74, 6) is 0.0104. The van der Waals surface area contributed by atoms with Gasteiger partial charge < -0.3 is 4.90 Å². The standard InChI is InChI=1S/C24H26N2O3S/c1-19(21-9-5-3-6-10-21)25-30(28,29)23-16-13-20(14-17-23)15-18-24(27)26(2)22-11-7-4-8-12-22/h3-14,16-17,19,25H,15,18H2,1-2H3. The van der Waals surface area contributed by atoms with Crippen LogP contribution in [0, 0.1) is 0 Å². The first kappa shape index (κ1) is 21.7. The van der Waals surface area contributed by atoms with Gasteiger partial charge in [-0.2, -0.15) is 0 Å². The average Bonchev–Trinajstić information content (AvgIpc) is 2.78. The molecule has 30 heavy (non-hydrogen) atoms. The number of benzene rings is 3. The molecule has 0 saturated heterocycles. The third-order valence-electron chi connectivity index (χ3n) is 5.01. The second-order valence-corrected chi connectivity index (χ2v) is 8.90. The summed E-state index contributed by atoms with van der Waals surface area (Å²) >= 11 is 0. The molecule has 0 aromatic heterocycles. The predicted octanol–water partition coefficient (Wildman–Crippen LogP) is 4.32. The number of carbonyl (C=O) groups is 1. The minimum absolute atomic E-state index is 0.0104. The second kappa shape index (κ2) is 9.69. The number of hydrogen-bond donors (Lipinski definition) is 1. The van der Waals surface area contributed by atoms with Crippen molar-refractivity contribution in [1.29, 1.82) is 0 Å². The van der Waals surface area contributed by atoms with Gasteiger partial charge in [-0.25, -0.2) is 13.1 Å². The molecule has 1 atom stereocenters. The minimum atomic E-state index is -3.63. The van der Waals surface area contributed by atoms with Crippen LogP contribution in [0.25, 0.3) is 0 Å². The molecule has 3 rings (SSSR count). The number of sulfonamides is 1. The number of hydrogen-bond acceptors (Lipinski definition) is 3. The van der Waals surface area contributed by atoms with Crippen LogP contribution in [0.1, 0.15) is 30.5 Å². The van der Waals surface area contributed by atoms with Gasteiger partial charge in [-0.15, -0.1) is 0 Å². The SMILES string of the molecule is CC(NS(=O)(=O)c1ccc(CCC(=O)N(C)c2ccccc2)cc1)c1ccccc1. The molecule has 0 fully saturated rings. The number of rotatable bonds is 8. The summed E-state index contributed by atoms with van der Waals surface area (Å²) in [6.07, 6.45) is 0.894. The van der Waals surface area contributed by atoms with Gasteiger partial charge in [0.2, 0.25) is 15.9 Å². The molecule has 3 aromatic carbocycles. The molecule has 1 N–H and O–H groups in total. The van der Waals surface area contributed by atoms with E-state index in [9.17, 15) is 13.2 Å². The Bertz CT molecular complexity index is 1070. The molecule has 0 saturated carbocycles. The van der Waals surface area contributed by atoms with E-state index in [0.717, 1.165) is 16.8 Å². The molecular weight excluding hydrogens is 396 g/mol. The van der Waals surface area contributed by atoms with Crippen LogP contribution in [0.3, 0.4) is 0 Å². The molecule has 0 spiro atoms. The van der Waals surface area contributed by atoms with E-state index in [1.807, 2.05) is 67.6 Å². The lowest BCUT2D eigenvalue weighted by Gasteiger charge is -2.17. The smallest absolute Gasteiger partial charge is 0.241 e. The first-order valence-corrected chi connectivity index (χ1v) is 11.3. The van der Waals surface area contributed by atoms with E-state index in [2.05, 4.69) is 4.72 Å². The van der Waals surface area contributed by atoms with E-state index in [1.165, 1.54) is 0 Å². The molecule has 0 aliphatic rings. The summed E-state index contributed by atoms with van der Waals surface area (Å²) < 4.78 is 28.0. The van der Waals surface area contributed by atoms with Crippen LogP contribution < -0.4 is 9.62 Å². The number of nitrogens with one attached hydrogen (secondary N) is 1. The monoisotopic (exact) mass is 422 g/mol.